The van der Waals surface area contributed by atoms with E-state index in [1.807, 2.05) is 0 Å². The van der Waals surface area contributed by atoms with Crippen molar-refractivity contribution in [3.05, 3.63) is 34.4 Å². The number of aliphatic carboxylic acids is 1. The van der Waals surface area contributed by atoms with E-state index in [1.54, 1.807) is 12.1 Å². The molecular weight excluding hydrogens is 534 g/mol. The van der Waals surface area contributed by atoms with Crippen molar-refractivity contribution in [2.45, 2.75) is 25.7 Å². The lowest BCUT2D eigenvalue weighted by atomic mass is 10.2. The van der Waals surface area contributed by atoms with E-state index in [0.717, 1.165) is 0 Å². The molecule has 1 rings (SSSR count). The molecule has 14 heteroatoms. The first kappa shape index (κ1) is 35.1. The van der Waals surface area contributed by atoms with Gasteiger partial charge < -0.3 is 43.0 Å². The Morgan fingerprint density at radius 3 is 1.45 bits per heavy atom. The van der Waals surface area contributed by atoms with E-state index in [-0.39, 0.29) is 37.7 Å². The summed E-state index contributed by atoms with van der Waals surface area (Å²) >= 11 is 0. The van der Waals surface area contributed by atoms with Gasteiger partial charge >= 0.3 is 11.9 Å². The number of ether oxygens (including phenoxy) is 8. The van der Waals surface area contributed by atoms with Crippen LogP contribution in [0.2, 0.25) is 0 Å². The summed E-state index contributed by atoms with van der Waals surface area (Å²) in [4.78, 5) is 32.0. The van der Waals surface area contributed by atoms with Crippen LogP contribution < -0.4 is 4.74 Å². The van der Waals surface area contributed by atoms with Crippen molar-refractivity contribution in [1.29, 1.82) is 0 Å². The third-order valence-electron chi connectivity index (χ3n) is 4.92. The fourth-order valence-electron chi connectivity index (χ4n) is 2.92. The van der Waals surface area contributed by atoms with E-state index in [0.29, 0.717) is 97.9 Å². The Kier molecular flexibility index (Phi) is 22.1. The van der Waals surface area contributed by atoms with E-state index >= 15 is 0 Å². The fourth-order valence-corrected chi connectivity index (χ4v) is 2.92. The number of benzene rings is 1. The highest BCUT2D eigenvalue weighted by atomic mass is 16.6. The Morgan fingerprint density at radius 1 is 0.625 bits per heavy atom. The number of nitro groups is 1. The number of hydrogen-bond acceptors (Lipinski definition) is 12. The Labute approximate surface area is 233 Å². The second-order valence-electron chi connectivity index (χ2n) is 8.10. The van der Waals surface area contributed by atoms with Crippen LogP contribution in [0, 0.1) is 10.1 Å². The minimum absolute atomic E-state index is 0.0165. The van der Waals surface area contributed by atoms with Gasteiger partial charge in [0.25, 0.3) is 5.69 Å². The second kappa shape index (κ2) is 25.1. The minimum atomic E-state index is -0.869. The second-order valence-corrected chi connectivity index (χ2v) is 8.10. The fraction of sp³-hybridized carbons (Fsp3) is 0.692. The molecule has 0 saturated heterocycles. The van der Waals surface area contributed by atoms with E-state index in [1.165, 1.54) is 12.1 Å². The average molecular weight is 576 g/mol. The summed E-state index contributed by atoms with van der Waals surface area (Å²) in [7, 11) is 0. The molecule has 0 bridgehead atoms. The molecule has 228 valence electrons. The quantitative estimate of drug-likeness (QED) is 0.0668. The molecule has 0 atom stereocenters. The van der Waals surface area contributed by atoms with Gasteiger partial charge in [0.1, 0.15) is 19.0 Å². The molecular formula is C26H41NO13. The number of carbonyl (C=O) groups is 2. The van der Waals surface area contributed by atoms with Crippen LogP contribution in [-0.4, -0.2) is 114 Å². The van der Waals surface area contributed by atoms with Crippen molar-refractivity contribution in [3.63, 3.8) is 0 Å². The van der Waals surface area contributed by atoms with Gasteiger partial charge in [-0.2, -0.15) is 0 Å². The molecule has 0 spiro atoms. The average Bonchev–Trinajstić information content (AvgIpc) is 2.94. The zero-order valence-corrected chi connectivity index (χ0v) is 22.8. The number of hydrogen-bond donors (Lipinski definition) is 1. The number of esters is 1. The van der Waals surface area contributed by atoms with Gasteiger partial charge in [-0.25, -0.2) is 0 Å². The molecule has 1 aromatic rings. The lowest BCUT2D eigenvalue weighted by Crippen LogP contribution is -2.15. The number of nitrogens with zero attached hydrogens (tertiary/aromatic N) is 1. The maximum atomic E-state index is 11.4. The van der Waals surface area contributed by atoms with Crippen LogP contribution in [-0.2, 0) is 42.7 Å². The van der Waals surface area contributed by atoms with E-state index < -0.39 is 10.9 Å². The van der Waals surface area contributed by atoms with Gasteiger partial charge in [-0.05, 0) is 25.0 Å². The number of rotatable bonds is 28. The van der Waals surface area contributed by atoms with Crippen molar-refractivity contribution in [1.82, 2.24) is 0 Å². The molecule has 0 amide bonds. The summed E-state index contributed by atoms with van der Waals surface area (Å²) in [6.07, 6.45) is 1.21. The number of nitro benzene ring substituents is 1. The Bertz CT molecular complexity index is 791. The summed E-state index contributed by atoms with van der Waals surface area (Å²) in [6, 6.07) is 5.86. The Hall–Kier alpha value is -2.88. The Morgan fingerprint density at radius 2 is 1.02 bits per heavy atom. The van der Waals surface area contributed by atoms with Crippen LogP contribution in [0.15, 0.2) is 24.3 Å². The van der Waals surface area contributed by atoms with Crippen LogP contribution in [0.1, 0.15) is 25.7 Å². The Balaban J connectivity index is 1.72. The third kappa shape index (κ3) is 22.0. The number of carboxylic acid groups (broad SMARTS) is 1. The summed E-state index contributed by atoms with van der Waals surface area (Å²) in [6.45, 7) is 5.40. The van der Waals surface area contributed by atoms with E-state index in [9.17, 15) is 19.7 Å². The van der Waals surface area contributed by atoms with Gasteiger partial charge in [-0.1, -0.05) is 0 Å². The first-order valence-electron chi connectivity index (χ1n) is 13.2. The molecule has 0 radical (unpaired) electrons. The molecule has 1 aromatic carbocycles. The van der Waals surface area contributed by atoms with Crippen LogP contribution >= 0.6 is 0 Å². The van der Waals surface area contributed by atoms with Gasteiger partial charge in [-0.3, -0.25) is 19.7 Å². The summed E-state index contributed by atoms with van der Waals surface area (Å²) < 4.78 is 42.8. The first-order chi connectivity index (χ1) is 19.5. The predicted molar refractivity (Wildman–Crippen MR) is 141 cm³/mol. The van der Waals surface area contributed by atoms with Crippen LogP contribution in [0.3, 0.4) is 0 Å². The lowest BCUT2D eigenvalue weighted by Gasteiger charge is -2.09. The number of unbranched alkanes of at least 4 members (excludes halogenated alkanes) is 1. The first-order valence-corrected chi connectivity index (χ1v) is 13.2. The van der Waals surface area contributed by atoms with Gasteiger partial charge in [0.05, 0.1) is 84.2 Å². The van der Waals surface area contributed by atoms with Crippen molar-refractivity contribution >= 4 is 17.6 Å². The molecule has 0 aliphatic rings. The smallest absolute Gasteiger partial charge is 0.305 e. The summed E-state index contributed by atoms with van der Waals surface area (Å²) in [5.41, 5.74) is 0.0165. The van der Waals surface area contributed by atoms with E-state index in [2.05, 4.69) is 0 Å². The van der Waals surface area contributed by atoms with Crippen LogP contribution in [0.5, 0.6) is 5.75 Å². The highest BCUT2D eigenvalue weighted by Gasteiger charge is 2.05. The highest BCUT2D eigenvalue weighted by molar-refractivity contribution is 5.69. The predicted octanol–water partition coefficient (Wildman–Crippen LogP) is 2.26. The zero-order chi connectivity index (χ0) is 29.1. The summed E-state index contributed by atoms with van der Waals surface area (Å²) in [5, 5.41) is 19.1. The number of carboxylic acids is 1. The highest BCUT2D eigenvalue weighted by Crippen LogP contribution is 2.17. The molecule has 14 nitrogen and oxygen atoms in total. The normalized spacial score (nSPS) is 10.9. The lowest BCUT2D eigenvalue weighted by molar-refractivity contribution is -0.384. The van der Waals surface area contributed by atoms with Gasteiger partial charge in [0.2, 0.25) is 0 Å². The van der Waals surface area contributed by atoms with Crippen LogP contribution in [0.4, 0.5) is 5.69 Å². The summed E-state index contributed by atoms with van der Waals surface area (Å²) in [5.74, 6) is -0.679. The van der Waals surface area contributed by atoms with Gasteiger partial charge in [0, 0.05) is 25.0 Å². The maximum Gasteiger partial charge on any atom is 0.305 e. The number of carbonyl (C=O) groups excluding carboxylic acids is 1. The topological polar surface area (TPSA) is 171 Å². The maximum absolute atomic E-state index is 11.4. The van der Waals surface area contributed by atoms with E-state index in [4.69, 9.17) is 43.0 Å². The monoisotopic (exact) mass is 575 g/mol. The molecule has 0 aliphatic carbocycles. The standard InChI is InChI=1S/C26H41NO13/c28-25(29)3-1-2-4-26(30)40-22-20-38-18-16-36-14-12-34-10-9-33-11-13-35-15-17-37-19-21-39-24-7-5-23(6-8-24)27(31)32/h5-8H,1-4,9-22H2,(H,28,29). The molecule has 0 aliphatic heterocycles. The van der Waals surface area contributed by atoms with Crippen molar-refractivity contribution in [3.8, 4) is 5.75 Å². The van der Waals surface area contributed by atoms with Crippen LogP contribution in [0.25, 0.3) is 0 Å². The van der Waals surface area contributed by atoms with Crippen molar-refractivity contribution in [2.24, 2.45) is 0 Å². The zero-order valence-electron chi connectivity index (χ0n) is 22.8. The van der Waals surface area contributed by atoms with Crippen molar-refractivity contribution in [2.75, 3.05) is 92.5 Å². The molecule has 40 heavy (non-hydrogen) atoms. The SMILES string of the molecule is O=C(O)CCCCC(=O)OCCOCCOCCOCCOCCOCCOCCOc1ccc([N+](=O)[O-])cc1. The molecule has 0 fully saturated rings. The molecule has 0 saturated carbocycles. The molecule has 0 aromatic heterocycles. The minimum Gasteiger partial charge on any atom is -0.491 e. The molecule has 0 heterocycles. The largest absolute Gasteiger partial charge is 0.491 e. The number of non-ortho nitro benzene ring substituents is 1. The molecule has 1 N–H and O–H groups in total. The van der Waals surface area contributed by atoms with Gasteiger partial charge in [-0.15, -0.1) is 0 Å². The van der Waals surface area contributed by atoms with Gasteiger partial charge in [0.15, 0.2) is 0 Å². The van der Waals surface area contributed by atoms with Crippen molar-refractivity contribution < 1.29 is 57.5 Å². The molecule has 0 unspecified atom stereocenters. The third-order valence-corrected chi connectivity index (χ3v) is 4.92.